The summed E-state index contributed by atoms with van der Waals surface area (Å²) >= 11 is 7.36. The first-order valence-corrected chi connectivity index (χ1v) is 9.74. The first-order chi connectivity index (χ1) is 13.5. The first kappa shape index (κ1) is 18.5. The quantitative estimate of drug-likeness (QED) is 0.608. The number of H-pyrrole nitrogens is 1. The Morgan fingerprint density at radius 3 is 2.64 bits per heavy atom. The van der Waals surface area contributed by atoms with Crippen molar-refractivity contribution in [2.45, 2.75) is 5.72 Å². The molecule has 0 spiro atoms. The number of anilines is 1. The number of aliphatic hydroxyl groups is 1. The van der Waals surface area contributed by atoms with Gasteiger partial charge in [0, 0.05) is 16.3 Å². The summed E-state index contributed by atoms with van der Waals surface area (Å²) in [5.74, 6) is -0.144. The number of nitrogens with one attached hydrogen (secondary N) is 1. The summed E-state index contributed by atoms with van der Waals surface area (Å²) in [6, 6.07) is 16.4. The van der Waals surface area contributed by atoms with Crippen molar-refractivity contribution in [1.82, 2.24) is 9.97 Å². The first-order valence-electron chi connectivity index (χ1n) is 8.37. The summed E-state index contributed by atoms with van der Waals surface area (Å²) in [7, 11) is 0. The van der Waals surface area contributed by atoms with Crippen molar-refractivity contribution in [1.29, 1.82) is 0 Å². The molecule has 3 aromatic rings. The second-order valence-electron chi connectivity index (χ2n) is 6.14. The molecule has 0 saturated carbocycles. The fraction of sp³-hybridized carbons (Fsp3) is 0.105. The molecule has 0 unspecified atom stereocenters. The fourth-order valence-electron chi connectivity index (χ4n) is 3.01. The third-order valence-electron chi connectivity index (χ3n) is 4.35. The summed E-state index contributed by atoms with van der Waals surface area (Å²) in [6.07, 6.45) is 1.36. The number of rotatable bonds is 4. The van der Waals surface area contributed by atoms with Gasteiger partial charge in [-0.05, 0) is 24.3 Å². The van der Waals surface area contributed by atoms with Crippen molar-refractivity contribution in [2.75, 3.05) is 10.7 Å². The Kier molecular flexibility index (Phi) is 4.84. The molecule has 7 nitrogen and oxygen atoms in total. The highest BCUT2D eigenvalue weighted by Crippen LogP contribution is 2.43. The Morgan fingerprint density at radius 2 is 1.96 bits per heavy atom. The van der Waals surface area contributed by atoms with Gasteiger partial charge in [-0.3, -0.25) is 9.69 Å². The zero-order valence-corrected chi connectivity index (χ0v) is 16.1. The topological polar surface area (TPSA) is 108 Å². The minimum atomic E-state index is -1.35. The summed E-state index contributed by atoms with van der Waals surface area (Å²) in [4.78, 5) is 24.6. The van der Waals surface area contributed by atoms with E-state index in [1.807, 2.05) is 30.3 Å². The Morgan fingerprint density at radius 1 is 1.25 bits per heavy atom. The van der Waals surface area contributed by atoms with Gasteiger partial charge in [0.05, 0.1) is 12.1 Å². The zero-order valence-electron chi connectivity index (χ0n) is 14.5. The van der Waals surface area contributed by atoms with Crippen LogP contribution in [0.5, 0.6) is 0 Å². The maximum absolute atomic E-state index is 11.6. The lowest BCUT2D eigenvalue weighted by Crippen LogP contribution is -2.45. The van der Waals surface area contributed by atoms with E-state index in [1.54, 1.807) is 29.2 Å². The van der Waals surface area contributed by atoms with Crippen molar-refractivity contribution in [2.24, 2.45) is 10.7 Å². The molecule has 1 amide bonds. The maximum atomic E-state index is 11.6. The molecule has 0 aliphatic carbocycles. The van der Waals surface area contributed by atoms with Crippen LogP contribution in [0.3, 0.4) is 0 Å². The number of primary amides is 1. The van der Waals surface area contributed by atoms with Gasteiger partial charge in [0.25, 0.3) is 5.91 Å². The van der Waals surface area contributed by atoms with Crippen LogP contribution in [-0.4, -0.2) is 31.9 Å². The van der Waals surface area contributed by atoms with E-state index < -0.39 is 11.6 Å². The van der Waals surface area contributed by atoms with Gasteiger partial charge in [0.15, 0.2) is 22.4 Å². The number of hydrogen-bond acceptors (Lipinski definition) is 5. The molecule has 1 saturated heterocycles. The van der Waals surface area contributed by atoms with E-state index in [4.69, 9.17) is 17.3 Å². The van der Waals surface area contributed by atoms with Gasteiger partial charge in [0.1, 0.15) is 0 Å². The van der Waals surface area contributed by atoms with Crippen LogP contribution in [0.1, 0.15) is 16.1 Å². The van der Waals surface area contributed by atoms with E-state index >= 15 is 0 Å². The fourth-order valence-corrected chi connectivity index (χ4v) is 4.30. The van der Waals surface area contributed by atoms with E-state index in [9.17, 15) is 9.90 Å². The molecule has 142 valence electrons. The van der Waals surface area contributed by atoms with Gasteiger partial charge in [-0.15, -0.1) is 0 Å². The Balaban J connectivity index is 1.84. The number of aromatic amines is 1. The molecule has 4 rings (SSSR count). The largest absolute Gasteiger partial charge is 0.366 e. The van der Waals surface area contributed by atoms with Crippen LogP contribution >= 0.6 is 23.4 Å². The van der Waals surface area contributed by atoms with E-state index in [2.05, 4.69) is 15.0 Å². The number of carbonyl (C=O) groups excluding carboxylic acids is 1. The molecule has 2 aromatic carbocycles. The normalized spacial score (nSPS) is 20.6. The summed E-state index contributed by atoms with van der Waals surface area (Å²) in [6.45, 7) is 0. The minimum absolute atomic E-state index is 0.114. The van der Waals surface area contributed by atoms with Crippen molar-refractivity contribution in [3.05, 3.63) is 77.2 Å². The number of thioether (sulfide) groups is 1. The number of aromatic nitrogens is 2. The molecule has 9 heteroatoms. The number of benzene rings is 2. The molecule has 1 aliphatic rings. The predicted octanol–water partition coefficient (Wildman–Crippen LogP) is 3.25. The molecule has 1 aliphatic heterocycles. The van der Waals surface area contributed by atoms with Crippen LogP contribution < -0.4 is 10.6 Å². The number of amides is 1. The average molecular weight is 414 g/mol. The van der Waals surface area contributed by atoms with Crippen molar-refractivity contribution >= 4 is 45.9 Å². The molecule has 0 radical (unpaired) electrons. The monoisotopic (exact) mass is 413 g/mol. The van der Waals surface area contributed by atoms with Gasteiger partial charge >= 0.3 is 0 Å². The molecule has 28 heavy (non-hydrogen) atoms. The van der Waals surface area contributed by atoms with Crippen LogP contribution in [0.15, 0.2) is 65.9 Å². The number of hydrogen-bond donors (Lipinski definition) is 3. The van der Waals surface area contributed by atoms with Crippen molar-refractivity contribution < 1.29 is 9.90 Å². The number of nitrogens with two attached hydrogens (primary N) is 1. The number of aliphatic imine (C=N–C) groups is 1. The molecule has 2 heterocycles. The number of halogens is 1. The standard InChI is InChI=1S/C19H16ClN5O2S/c20-13-8-6-12(7-9-13)19(27)10-28-18(25(19)14-4-2-1-3-5-14)24-17-15(16(21)26)22-11-23-17/h1-9,11,27H,10H2,(H2,21,26)(H,22,23)/t19-/m0/s1. The SMILES string of the molecule is NC(=O)c1[nH]cnc1N=C1SC[C@](O)(c2ccc(Cl)cc2)N1c1ccccc1. The van der Waals surface area contributed by atoms with Gasteiger partial charge in [-0.2, -0.15) is 0 Å². The third-order valence-corrected chi connectivity index (χ3v) is 5.68. The molecular formula is C19H16ClN5O2S. The third kappa shape index (κ3) is 3.26. The average Bonchev–Trinajstić information content (AvgIpc) is 3.28. The number of para-hydroxylation sites is 1. The molecule has 4 N–H and O–H groups in total. The predicted molar refractivity (Wildman–Crippen MR) is 111 cm³/mol. The molecule has 1 atom stereocenters. The van der Waals surface area contributed by atoms with E-state index in [0.717, 1.165) is 5.69 Å². The maximum Gasteiger partial charge on any atom is 0.269 e. The van der Waals surface area contributed by atoms with Gasteiger partial charge in [-0.1, -0.05) is 53.7 Å². The van der Waals surface area contributed by atoms with Crippen LogP contribution in [0.4, 0.5) is 11.5 Å². The molecule has 1 aromatic heterocycles. The van der Waals surface area contributed by atoms with Crippen LogP contribution in [-0.2, 0) is 5.72 Å². The lowest BCUT2D eigenvalue weighted by atomic mass is 10.0. The number of imidazole rings is 1. The summed E-state index contributed by atoms with van der Waals surface area (Å²) in [5.41, 5.74) is 5.57. The van der Waals surface area contributed by atoms with E-state index in [1.165, 1.54) is 18.1 Å². The van der Waals surface area contributed by atoms with E-state index in [0.29, 0.717) is 21.5 Å². The van der Waals surface area contributed by atoms with Crippen molar-refractivity contribution in [3.8, 4) is 0 Å². The van der Waals surface area contributed by atoms with Crippen LogP contribution in [0, 0.1) is 0 Å². The van der Waals surface area contributed by atoms with Crippen LogP contribution in [0.25, 0.3) is 0 Å². The molecule has 0 bridgehead atoms. The minimum Gasteiger partial charge on any atom is -0.366 e. The van der Waals surface area contributed by atoms with Crippen molar-refractivity contribution in [3.63, 3.8) is 0 Å². The number of amidine groups is 1. The van der Waals surface area contributed by atoms with E-state index in [-0.39, 0.29) is 11.5 Å². The Labute approximate surface area is 170 Å². The lowest BCUT2D eigenvalue weighted by Gasteiger charge is -2.34. The number of carbonyl (C=O) groups is 1. The van der Waals surface area contributed by atoms with Gasteiger partial charge < -0.3 is 15.8 Å². The smallest absolute Gasteiger partial charge is 0.269 e. The summed E-state index contributed by atoms with van der Waals surface area (Å²) in [5, 5.41) is 12.7. The highest BCUT2D eigenvalue weighted by molar-refractivity contribution is 8.14. The highest BCUT2D eigenvalue weighted by atomic mass is 35.5. The Bertz CT molecular complexity index is 1040. The second kappa shape index (κ2) is 7.31. The second-order valence-corrected chi connectivity index (χ2v) is 7.52. The molecular weight excluding hydrogens is 398 g/mol. The number of nitrogens with zero attached hydrogens (tertiary/aromatic N) is 3. The zero-order chi connectivity index (χ0) is 19.7. The van der Waals surface area contributed by atoms with Crippen LogP contribution in [0.2, 0.25) is 5.02 Å². The lowest BCUT2D eigenvalue weighted by molar-refractivity contribution is 0.0768. The van der Waals surface area contributed by atoms with Gasteiger partial charge in [-0.25, -0.2) is 9.98 Å². The Hall–Kier alpha value is -2.81. The van der Waals surface area contributed by atoms with Gasteiger partial charge in [0.2, 0.25) is 0 Å². The summed E-state index contributed by atoms with van der Waals surface area (Å²) < 4.78 is 0. The highest BCUT2D eigenvalue weighted by Gasteiger charge is 2.46. The molecule has 1 fully saturated rings.